The summed E-state index contributed by atoms with van der Waals surface area (Å²) in [4.78, 5) is 29.1. The van der Waals surface area contributed by atoms with Crippen molar-refractivity contribution >= 4 is 11.8 Å². The molecule has 2 aliphatic heterocycles. The van der Waals surface area contributed by atoms with Crippen molar-refractivity contribution in [2.24, 2.45) is 5.92 Å². The van der Waals surface area contributed by atoms with Crippen molar-refractivity contribution in [1.29, 1.82) is 0 Å². The van der Waals surface area contributed by atoms with E-state index in [1.165, 1.54) is 5.56 Å². The predicted octanol–water partition coefficient (Wildman–Crippen LogP) is 2.84. The zero-order chi connectivity index (χ0) is 19.3. The van der Waals surface area contributed by atoms with Crippen molar-refractivity contribution in [3.8, 4) is 0 Å². The van der Waals surface area contributed by atoms with Crippen molar-refractivity contribution in [2.75, 3.05) is 39.4 Å². The van der Waals surface area contributed by atoms with E-state index in [2.05, 4.69) is 36.1 Å². The molecule has 0 aromatic heterocycles. The summed E-state index contributed by atoms with van der Waals surface area (Å²) in [5, 5.41) is 0. The molecule has 148 valence electrons. The molecule has 0 bridgehead atoms. The summed E-state index contributed by atoms with van der Waals surface area (Å²) in [7, 11) is 0. The molecule has 2 heterocycles. The topological polar surface area (TPSA) is 49.9 Å². The van der Waals surface area contributed by atoms with E-state index in [1.807, 2.05) is 17.9 Å². The van der Waals surface area contributed by atoms with Gasteiger partial charge in [-0.15, -0.1) is 0 Å². The Labute approximate surface area is 162 Å². The zero-order valence-electron chi connectivity index (χ0n) is 16.7. The molecule has 2 amide bonds. The van der Waals surface area contributed by atoms with E-state index in [1.54, 1.807) is 0 Å². The molecular formula is C22H32N2O3. The normalized spacial score (nSPS) is 24.1. The first-order chi connectivity index (χ1) is 13.0. The van der Waals surface area contributed by atoms with E-state index in [9.17, 15) is 9.59 Å². The summed E-state index contributed by atoms with van der Waals surface area (Å²) in [6.07, 6.45) is 3.68. The Morgan fingerprint density at radius 2 is 1.81 bits per heavy atom. The molecule has 1 aromatic carbocycles. The lowest BCUT2D eigenvalue weighted by Crippen LogP contribution is -2.51. The van der Waals surface area contributed by atoms with Gasteiger partial charge in [-0.1, -0.05) is 37.3 Å². The van der Waals surface area contributed by atoms with Crippen LogP contribution in [0.3, 0.4) is 0 Å². The number of piperidine rings is 2. The van der Waals surface area contributed by atoms with Crippen LogP contribution in [0, 0.1) is 5.92 Å². The molecule has 5 heteroatoms. The molecule has 0 radical (unpaired) electrons. The number of benzene rings is 1. The van der Waals surface area contributed by atoms with Crippen LogP contribution in [0.4, 0.5) is 0 Å². The summed E-state index contributed by atoms with van der Waals surface area (Å²) in [5.41, 5.74) is 1.35. The Kier molecular flexibility index (Phi) is 6.53. The van der Waals surface area contributed by atoms with Crippen LogP contribution in [0.2, 0.25) is 0 Å². The largest absolute Gasteiger partial charge is 0.372 e. The Morgan fingerprint density at radius 1 is 1.11 bits per heavy atom. The average molecular weight is 373 g/mol. The fourth-order valence-electron chi connectivity index (χ4n) is 4.42. The van der Waals surface area contributed by atoms with Crippen LogP contribution in [0.1, 0.15) is 45.1 Å². The number of rotatable bonds is 5. The lowest BCUT2D eigenvalue weighted by Gasteiger charge is -2.43. The molecule has 0 unspecified atom stereocenters. The molecule has 0 N–H and O–H groups in total. The number of hydrogen-bond acceptors (Lipinski definition) is 3. The van der Waals surface area contributed by atoms with Gasteiger partial charge in [0, 0.05) is 44.1 Å². The first-order valence-corrected chi connectivity index (χ1v) is 10.2. The molecule has 1 atom stereocenters. The molecular weight excluding hydrogens is 340 g/mol. The van der Waals surface area contributed by atoms with E-state index in [0.29, 0.717) is 19.7 Å². The molecule has 3 rings (SSSR count). The molecule has 27 heavy (non-hydrogen) atoms. The van der Waals surface area contributed by atoms with Crippen LogP contribution >= 0.6 is 0 Å². The van der Waals surface area contributed by atoms with Gasteiger partial charge in [-0.2, -0.15) is 0 Å². The van der Waals surface area contributed by atoms with E-state index in [-0.39, 0.29) is 29.8 Å². The van der Waals surface area contributed by atoms with Crippen molar-refractivity contribution < 1.29 is 14.3 Å². The number of ether oxygens (including phenoxy) is 1. The fraction of sp³-hybridized carbons (Fsp3) is 0.636. The smallest absolute Gasteiger partial charge is 0.248 e. The minimum Gasteiger partial charge on any atom is -0.372 e. The molecule has 2 aliphatic rings. The van der Waals surface area contributed by atoms with Gasteiger partial charge < -0.3 is 14.5 Å². The van der Waals surface area contributed by atoms with Crippen LogP contribution in [0.5, 0.6) is 0 Å². The summed E-state index contributed by atoms with van der Waals surface area (Å²) in [6.45, 7) is 7.82. The lowest BCUT2D eigenvalue weighted by atomic mass is 9.75. The van der Waals surface area contributed by atoms with Crippen LogP contribution in [0.15, 0.2) is 30.3 Å². The molecule has 0 saturated carbocycles. The number of carbonyl (C=O) groups is 2. The Balaban J connectivity index is 1.56. The molecule has 0 aliphatic carbocycles. The molecule has 5 nitrogen and oxygen atoms in total. The first kappa shape index (κ1) is 19.9. The van der Waals surface area contributed by atoms with Gasteiger partial charge in [-0.05, 0) is 38.2 Å². The van der Waals surface area contributed by atoms with Gasteiger partial charge in [0.1, 0.15) is 6.61 Å². The maximum absolute atomic E-state index is 13.1. The number of amides is 2. The first-order valence-electron chi connectivity index (χ1n) is 10.2. The Morgan fingerprint density at radius 3 is 2.48 bits per heavy atom. The second kappa shape index (κ2) is 8.87. The van der Waals surface area contributed by atoms with Crippen LogP contribution < -0.4 is 0 Å². The minimum absolute atomic E-state index is 0.0311. The zero-order valence-corrected chi connectivity index (χ0v) is 16.7. The third-order valence-electron chi connectivity index (χ3n) is 6.11. The number of hydrogen-bond donors (Lipinski definition) is 0. The molecule has 0 spiro atoms. The Hall–Kier alpha value is -1.88. The van der Waals surface area contributed by atoms with Crippen LogP contribution in [-0.2, 0) is 19.7 Å². The van der Waals surface area contributed by atoms with Gasteiger partial charge in [0.05, 0.1) is 0 Å². The standard InChI is InChI=1S/C22H32N2O3/c1-3-27-16-20(25)23-14-10-18(11-15-23)21(26)24-13-7-12-22(2,17-24)19-8-5-4-6-9-19/h4-6,8-9,18H,3,7,10-17H2,1-2H3/t22-/m0/s1. The highest BCUT2D eigenvalue weighted by molar-refractivity contribution is 5.80. The van der Waals surface area contributed by atoms with E-state index < -0.39 is 0 Å². The van der Waals surface area contributed by atoms with Gasteiger partial charge >= 0.3 is 0 Å². The average Bonchev–Trinajstić information content (AvgIpc) is 2.72. The summed E-state index contributed by atoms with van der Waals surface area (Å²) >= 11 is 0. The number of likely N-dealkylation sites (tertiary alicyclic amines) is 2. The second-order valence-electron chi connectivity index (χ2n) is 8.08. The highest BCUT2D eigenvalue weighted by atomic mass is 16.5. The Bertz CT molecular complexity index is 640. The highest BCUT2D eigenvalue weighted by Gasteiger charge is 2.37. The summed E-state index contributed by atoms with van der Waals surface area (Å²) in [6, 6.07) is 10.6. The predicted molar refractivity (Wildman–Crippen MR) is 105 cm³/mol. The van der Waals surface area contributed by atoms with E-state index in [4.69, 9.17) is 4.74 Å². The van der Waals surface area contributed by atoms with Gasteiger partial charge in [-0.3, -0.25) is 9.59 Å². The van der Waals surface area contributed by atoms with Crippen molar-refractivity contribution in [2.45, 2.75) is 44.9 Å². The number of carbonyl (C=O) groups excluding carboxylic acids is 2. The quantitative estimate of drug-likeness (QED) is 0.799. The summed E-state index contributed by atoms with van der Waals surface area (Å²) < 4.78 is 5.22. The summed E-state index contributed by atoms with van der Waals surface area (Å²) in [5.74, 6) is 0.352. The van der Waals surface area contributed by atoms with Crippen LogP contribution in [0.25, 0.3) is 0 Å². The minimum atomic E-state index is 0.0311. The van der Waals surface area contributed by atoms with Crippen molar-refractivity contribution in [1.82, 2.24) is 9.80 Å². The molecule has 2 saturated heterocycles. The van der Waals surface area contributed by atoms with Crippen molar-refractivity contribution in [3.63, 3.8) is 0 Å². The van der Waals surface area contributed by atoms with E-state index in [0.717, 1.165) is 38.8 Å². The van der Waals surface area contributed by atoms with Gasteiger partial charge in [0.25, 0.3) is 0 Å². The fourth-order valence-corrected chi connectivity index (χ4v) is 4.42. The third-order valence-corrected chi connectivity index (χ3v) is 6.11. The maximum Gasteiger partial charge on any atom is 0.248 e. The van der Waals surface area contributed by atoms with Gasteiger partial charge in [0.2, 0.25) is 11.8 Å². The monoisotopic (exact) mass is 372 g/mol. The molecule has 2 fully saturated rings. The highest BCUT2D eigenvalue weighted by Crippen LogP contribution is 2.34. The van der Waals surface area contributed by atoms with Crippen molar-refractivity contribution in [3.05, 3.63) is 35.9 Å². The van der Waals surface area contributed by atoms with Gasteiger partial charge in [-0.25, -0.2) is 0 Å². The molecule has 1 aromatic rings. The SMILES string of the molecule is CCOCC(=O)N1CCC(C(=O)N2CCC[C@](C)(c3ccccc3)C2)CC1. The lowest BCUT2D eigenvalue weighted by molar-refractivity contribution is -0.144. The third kappa shape index (κ3) is 4.70. The maximum atomic E-state index is 13.1. The van der Waals surface area contributed by atoms with Gasteiger partial charge in [0.15, 0.2) is 0 Å². The number of nitrogens with zero attached hydrogens (tertiary/aromatic N) is 2. The van der Waals surface area contributed by atoms with E-state index >= 15 is 0 Å². The second-order valence-corrected chi connectivity index (χ2v) is 8.08. The van der Waals surface area contributed by atoms with Crippen LogP contribution in [-0.4, -0.2) is 61.0 Å².